The van der Waals surface area contributed by atoms with Crippen LogP contribution in [0.3, 0.4) is 0 Å². The lowest BCUT2D eigenvalue weighted by molar-refractivity contribution is -0.108. The summed E-state index contributed by atoms with van der Waals surface area (Å²) in [4.78, 5) is 41.8. The first-order valence-corrected chi connectivity index (χ1v) is 13.3. The van der Waals surface area contributed by atoms with Crippen LogP contribution >= 0.6 is 0 Å². The van der Waals surface area contributed by atoms with E-state index in [0.29, 0.717) is 41.1 Å². The van der Waals surface area contributed by atoms with Crippen LogP contribution in [0, 0.1) is 6.92 Å². The van der Waals surface area contributed by atoms with Crippen molar-refractivity contribution in [2.24, 2.45) is 5.73 Å². The van der Waals surface area contributed by atoms with Crippen molar-refractivity contribution in [3.63, 3.8) is 0 Å². The number of nitrogens with one attached hydrogen (secondary N) is 2. The number of amides is 2. The second-order valence-electron chi connectivity index (χ2n) is 9.62. The molecule has 11 nitrogen and oxygen atoms in total. The number of hydrogen-bond acceptors (Lipinski definition) is 7. The number of primary amides is 1. The van der Waals surface area contributed by atoms with Crippen molar-refractivity contribution in [1.29, 1.82) is 0 Å². The summed E-state index contributed by atoms with van der Waals surface area (Å²) in [6.07, 6.45) is 0.921. The molecule has 3 aromatic carbocycles. The van der Waals surface area contributed by atoms with Crippen LogP contribution < -0.4 is 21.1 Å². The van der Waals surface area contributed by atoms with E-state index in [2.05, 4.69) is 15.7 Å². The third-order valence-electron chi connectivity index (χ3n) is 6.87. The van der Waals surface area contributed by atoms with Crippen LogP contribution in [0.25, 0.3) is 21.8 Å². The van der Waals surface area contributed by atoms with Gasteiger partial charge in [-0.05, 0) is 61.4 Å². The predicted molar refractivity (Wildman–Crippen MR) is 157 cm³/mol. The largest absolute Gasteiger partial charge is 0.494 e. The monoisotopic (exact) mass is 553 g/mol. The Morgan fingerprint density at radius 1 is 1.10 bits per heavy atom. The number of carbonyl (C=O) groups excluding carboxylic acids is 3. The fraction of sp³-hybridized carbons (Fsp3) is 0.233. The maximum atomic E-state index is 13.5. The lowest BCUT2D eigenvalue weighted by atomic mass is 10.1. The summed E-state index contributed by atoms with van der Waals surface area (Å²) in [6, 6.07) is 18.8. The average Bonchev–Trinajstić information content (AvgIpc) is 3.54. The van der Waals surface area contributed by atoms with Gasteiger partial charge in [-0.2, -0.15) is 5.10 Å². The molecule has 0 aliphatic rings. The summed E-state index contributed by atoms with van der Waals surface area (Å²) in [5, 5.41) is 13.0. The van der Waals surface area contributed by atoms with E-state index in [4.69, 9.17) is 15.5 Å². The number of benzene rings is 3. The number of aromatic nitrogens is 4. The zero-order valence-electron chi connectivity index (χ0n) is 23.0. The molecule has 2 aromatic heterocycles. The molecule has 0 saturated heterocycles. The zero-order valence-corrected chi connectivity index (χ0v) is 23.0. The van der Waals surface area contributed by atoms with Gasteiger partial charge in [0.15, 0.2) is 0 Å². The molecule has 0 saturated carbocycles. The molecule has 5 aromatic rings. The number of aryl methyl sites for hydroxylation is 2. The van der Waals surface area contributed by atoms with Crippen LogP contribution in [0.15, 0.2) is 60.7 Å². The van der Waals surface area contributed by atoms with Crippen LogP contribution in [-0.2, 0) is 11.3 Å². The van der Waals surface area contributed by atoms with Crippen molar-refractivity contribution in [3.05, 3.63) is 77.6 Å². The van der Waals surface area contributed by atoms with E-state index in [9.17, 15) is 14.4 Å². The highest BCUT2D eigenvalue weighted by molar-refractivity contribution is 6.04. The van der Waals surface area contributed by atoms with Crippen molar-refractivity contribution < 1.29 is 19.1 Å². The molecule has 2 amide bonds. The van der Waals surface area contributed by atoms with Gasteiger partial charge in [0.25, 0.3) is 5.91 Å². The number of fused-ring (bicyclic) bond motifs is 2. The Balaban J connectivity index is 1.67. The molecule has 1 unspecified atom stereocenters. The molecular formula is C30H31N7O4. The van der Waals surface area contributed by atoms with Crippen LogP contribution in [0.5, 0.6) is 5.75 Å². The van der Waals surface area contributed by atoms with E-state index in [0.717, 1.165) is 22.7 Å². The van der Waals surface area contributed by atoms with Gasteiger partial charge >= 0.3 is 0 Å². The maximum Gasteiger partial charge on any atom is 0.276 e. The molecule has 1 atom stereocenters. The van der Waals surface area contributed by atoms with Crippen molar-refractivity contribution in [1.82, 2.24) is 19.3 Å². The standard InChI is InChI=1S/C30H31N7O4/c1-4-36-24(14-18(2)35-36)29(40)34-30-33-23-16-21(28(31)39)17-25(41-3)27(23)37(30)26(10-7-13-38)32-22-12-11-19-8-5-6-9-20(19)15-22/h5-6,8-9,11-17,26,32H,4,7,10H2,1-3H3,(H2,31,39)(H,33,34,40). The third kappa shape index (κ3) is 5.46. The number of methoxy groups -OCH3 is 1. The van der Waals surface area contributed by atoms with Gasteiger partial charge in [-0.15, -0.1) is 0 Å². The van der Waals surface area contributed by atoms with E-state index in [1.807, 2.05) is 56.3 Å². The molecule has 0 aliphatic heterocycles. The van der Waals surface area contributed by atoms with Gasteiger partial charge in [0, 0.05) is 24.2 Å². The predicted octanol–water partition coefficient (Wildman–Crippen LogP) is 4.66. The molecule has 0 aliphatic carbocycles. The molecule has 5 rings (SSSR count). The Hall–Kier alpha value is -5.19. The summed E-state index contributed by atoms with van der Waals surface area (Å²) in [6.45, 7) is 4.23. The number of nitrogens with zero attached hydrogens (tertiary/aromatic N) is 4. The molecule has 0 spiro atoms. The van der Waals surface area contributed by atoms with Crippen LogP contribution in [-0.4, -0.2) is 44.5 Å². The Kier molecular flexibility index (Phi) is 7.68. The number of imidazole rings is 1. The Morgan fingerprint density at radius 2 is 1.88 bits per heavy atom. The van der Waals surface area contributed by atoms with E-state index < -0.39 is 18.0 Å². The van der Waals surface area contributed by atoms with Gasteiger partial charge in [0.05, 0.1) is 18.3 Å². The quantitative estimate of drug-likeness (QED) is 0.202. The number of carbonyl (C=O) groups is 3. The minimum absolute atomic E-state index is 0.204. The topological polar surface area (TPSA) is 146 Å². The highest BCUT2D eigenvalue weighted by atomic mass is 16.5. The average molecular weight is 554 g/mol. The second kappa shape index (κ2) is 11.5. The second-order valence-corrected chi connectivity index (χ2v) is 9.62. The summed E-state index contributed by atoms with van der Waals surface area (Å²) < 4.78 is 9.07. The molecule has 210 valence electrons. The molecule has 0 radical (unpaired) electrons. The minimum Gasteiger partial charge on any atom is -0.494 e. The van der Waals surface area contributed by atoms with Gasteiger partial charge in [-0.25, -0.2) is 4.98 Å². The molecule has 0 fully saturated rings. The SMILES string of the molecule is CCn1nc(C)cc1C(=O)Nc1nc2cc(C(N)=O)cc(OC)c2n1C(CCC=O)Nc1ccc2ccccc2c1. The van der Waals surface area contributed by atoms with Gasteiger partial charge in [0.1, 0.15) is 29.4 Å². The third-order valence-corrected chi connectivity index (χ3v) is 6.87. The van der Waals surface area contributed by atoms with Gasteiger partial charge < -0.3 is 20.6 Å². The molecule has 2 heterocycles. The fourth-order valence-corrected chi connectivity index (χ4v) is 4.98. The minimum atomic E-state index is -0.639. The van der Waals surface area contributed by atoms with Crippen LogP contribution in [0.4, 0.5) is 11.6 Å². The zero-order chi connectivity index (χ0) is 29.1. The first-order valence-electron chi connectivity index (χ1n) is 13.3. The number of aldehydes is 1. The van der Waals surface area contributed by atoms with E-state index in [-0.39, 0.29) is 17.9 Å². The van der Waals surface area contributed by atoms with E-state index in [1.165, 1.54) is 13.2 Å². The van der Waals surface area contributed by atoms with Crippen molar-refractivity contribution in [2.45, 2.75) is 39.4 Å². The maximum absolute atomic E-state index is 13.5. The number of ether oxygens (including phenoxy) is 1. The Morgan fingerprint density at radius 3 is 2.59 bits per heavy atom. The molecule has 0 bridgehead atoms. The Bertz CT molecular complexity index is 1770. The molecular weight excluding hydrogens is 522 g/mol. The molecule has 11 heteroatoms. The number of nitrogens with two attached hydrogens (primary N) is 1. The lowest BCUT2D eigenvalue weighted by Gasteiger charge is -2.24. The van der Waals surface area contributed by atoms with E-state index >= 15 is 0 Å². The fourth-order valence-electron chi connectivity index (χ4n) is 4.98. The summed E-state index contributed by atoms with van der Waals surface area (Å²) in [5.74, 6) is -0.497. The highest BCUT2D eigenvalue weighted by Crippen LogP contribution is 2.35. The first kappa shape index (κ1) is 27.4. The van der Waals surface area contributed by atoms with Crippen molar-refractivity contribution in [3.8, 4) is 5.75 Å². The number of hydrogen-bond donors (Lipinski definition) is 3. The van der Waals surface area contributed by atoms with E-state index in [1.54, 1.807) is 21.4 Å². The van der Waals surface area contributed by atoms with Crippen LogP contribution in [0.2, 0.25) is 0 Å². The number of anilines is 2. The lowest BCUT2D eigenvalue weighted by Crippen LogP contribution is -2.24. The van der Waals surface area contributed by atoms with Crippen molar-refractivity contribution in [2.75, 3.05) is 17.7 Å². The molecule has 41 heavy (non-hydrogen) atoms. The smallest absolute Gasteiger partial charge is 0.276 e. The molecule has 4 N–H and O–H groups in total. The summed E-state index contributed by atoms with van der Waals surface area (Å²) in [7, 11) is 1.48. The van der Waals surface area contributed by atoms with Gasteiger partial charge in [-0.1, -0.05) is 30.3 Å². The first-order chi connectivity index (χ1) is 19.8. The number of rotatable bonds is 11. The van der Waals surface area contributed by atoms with Crippen molar-refractivity contribution >= 4 is 51.5 Å². The normalized spacial score (nSPS) is 11.9. The van der Waals surface area contributed by atoms with Gasteiger partial charge in [0.2, 0.25) is 11.9 Å². The van der Waals surface area contributed by atoms with Gasteiger partial charge in [-0.3, -0.25) is 24.2 Å². The Labute approximate surface area is 236 Å². The highest BCUT2D eigenvalue weighted by Gasteiger charge is 2.26. The summed E-state index contributed by atoms with van der Waals surface area (Å²) in [5.41, 5.74) is 8.60. The van der Waals surface area contributed by atoms with Crippen LogP contribution in [0.1, 0.15) is 52.5 Å². The summed E-state index contributed by atoms with van der Waals surface area (Å²) >= 11 is 0.